The monoisotopic (exact) mass is 369 g/mol. The first kappa shape index (κ1) is 18.0. The molecule has 0 atom stereocenters. The van der Waals surface area contributed by atoms with E-state index in [1.54, 1.807) is 0 Å². The molecule has 0 N–H and O–H groups in total. The van der Waals surface area contributed by atoms with Gasteiger partial charge in [-0.15, -0.1) is 0 Å². The molecular weight excluding hydrogens is 342 g/mol. The maximum absolute atomic E-state index is 12.8. The molecule has 1 aromatic heterocycles. The highest BCUT2D eigenvalue weighted by Crippen LogP contribution is 2.35. The second-order valence-corrected chi connectivity index (χ2v) is 7.31. The zero-order chi connectivity index (χ0) is 18.6. The van der Waals surface area contributed by atoms with E-state index in [0.717, 1.165) is 61.6 Å². The number of rotatable bonds is 7. The van der Waals surface area contributed by atoms with Gasteiger partial charge in [0.1, 0.15) is 5.69 Å². The maximum Gasteiger partial charge on any atom is 0.233 e. The Kier molecular flexibility index (Phi) is 5.43. The second kappa shape index (κ2) is 8.13. The molecule has 0 bridgehead atoms. The number of carbonyl (C=O) groups is 1. The average molecular weight is 369 g/mol. The summed E-state index contributed by atoms with van der Waals surface area (Å²) in [5.74, 6) is 1.26. The topological polar surface area (TPSA) is 58.8 Å². The molecule has 1 aliphatic carbocycles. The lowest BCUT2D eigenvalue weighted by molar-refractivity contribution is -0.133. The number of anilines is 1. The van der Waals surface area contributed by atoms with Gasteiger partial charge in [0.2, 0.25) is 11.8 Å². The first-order valence-electron chi connectivity index (χ1n) is 9.93. The predicted octanol–water partition coefficient (Wildman–Crippen LogP) is 3.33. The van der Waals surface area contributed by atoms with Gasteiger partial charge in [0.15, 0.2) is 0 Å². The summed E-state index contributed by atoms with van der Waals surface area (Å²) in [7, 11) is 0. The van der Waals surface area contributed by atoms with Crippen molar-refractivity contribution in [2.45, 2.75) is 32.7 Å². The molecule has 2 aliphatic rings. The summed E-state index contributed by atoms with van der Waals surface area (Å²) >= 11 is 0. The Labute approximate surface area is 160 Å². The molecule has 0 unspecified atom stereocenters. The van der Waals surface area contributed by atoms with E-state index in [9.17, 15) is 4.79 Å². The number of ether oxygens (including phenoxy) is 1. The molecule has 2 fully saturated rings. The fourth-order valence-corrected chi connectivity index (χ4v) is 3.60. The molecule has 144 valence electrons. The Morgan fingerprint density at radius 3 is 2.63 bits per heavy atom. The minimum Gasteiger partial charge on any atom is -0.378 e. The van der Waals surface area contributed by atoms with Gasteiger partial charge in [-0.25, -0.2) is 0 Å². The summed E-state index contributed by atoms with van der Waals surface area (Å²) in [6, 6.07) is 10.1. The number of aromatic nitrogens is 1. The molecule has 1 saturated heterocycles. The van der Waals surface area contributed by atoms with E-state index >= 15 is 0 Å². The van der Waals surface area contributed by atoms with Crippen molar-refractivity contribution < 1.29 is 14.1 Å². The maximum atomic E-state index is 12.8. The van der Waals surface area contributed by atoms with Gasteiger partial charge in [-0.1, -0.05) is 42.4 Å². The lowest BCUT2D eigenvalue weighted by Crippen LogP contribution is -2.37. The van der Waals surface area contributed by atoms with Crippen LogP contribution in [0.25, 0.3) is 11.3 Å². The molecule has 6 nitrogen and oxygen atoms in total. The molecule has 2 heterocycles. The van der Waals surface area contributed by atoms with Crippen LogP contribution in [0.3, 0.4) is 0 Å². The van der Waals surface area contributed by atoms with E-state index in [4.69, 9.17) is 9.26 Å². The van der Waals surface area contributed by atoms with Crippen LogP contribution < -0.4 is 4.90 Å². The lowest BCUT2D eigenvalue weighted by atomic mass is 10.1. The van der Waals surface area contributed by atoms with E-state index in [1.165, 1.54) is 0 Å². The number of hydrogen-bond donors (Lipinski definition) is 0. The van der Waals surface area contributed by atoms with Crippen molar-refractivity contribution in [2.24, 2.45) is 5.92 Å². The molecule has 2 aromatic rings. The van der Waals surface area contributed by atoms with E-state index in [2.05, 4.69) is 17.0 Å². The summed E-state index contributed by atoms with van der Waals surface area (Å²) < 4.78 is 11.3. The van der Waals surface area contributed by atoms with Crippen LogP contribution in [0.5, 0.6) is 0 Å². The van der Waals surface area contributed by atoms with Crippen LogP contribution in [0, 0.1) is 5.92 Å². The Hall–Kier alpha value is -2.34. The number of carbonyl (C=O) groups excluding carboxylic acids is 1. The van der Waals surface area contributed by atoms with E-state index in [0.29, 0.717) is 19.8 Å². The molecule has 1 saturated carbocycles. The number of hydrogen-bond acceptors (Lipinski definition) is 5. The normalized spacial score (nSPS) is 17.1. The summed E-state index contributed by atoms with van der Waals surface area (Å²) in [4.78, 5) is 17.0. The van der Waals surface area contributed by atoms with Crippen molar-refractivity contribution in [3.63, 3.8) is 0 Å². The van der Waals surface area contributed by atoms with Crippen molar-refractivity contribution in [2.75, 3.05) is 37.7 Å². The van der Waals surface area contributed by atoms with Gasteiger partial charge < -0.3 is 19.1 Å². The molecule has 1 amide bonds. The van der Waals surface area contributed by atoms with Crippen LogP contribution in [-0.4, -0.2) is 48.8 Å². The van der Waals surface area contributed by atoms with Crippen molar-refractivity contribution in [1.82, 2.24) is 10.1 Å². The Morgan fingerprint density at radius 1 is 1.22 bits per heavy atom. The number of morpholine rings is 1. The predicted molar refractivity (Wildman–Crippen MR) is 103 cm³/mol. The minimum absolute atomic E-state index is 0.212. The fraction of sp³-hybridized carbons (Fsp3) is 0.524. The van der Waals surface area contributed by atoms with Gasteiger partial charge in [0.25, 0.3) is 0 Å². The highest BCUT2D eigenvalue weighted by molar-refractivity contribution is 5.81. The summed E-state index contributed by atoms with van der Waals surface area (Å²) in [6.45, 7) is 6.34. The highest BCUT2D eigenvalue weighted by atomic mass is 16.5. The first-order valence-corrected chi connectivity index (χ1v) is 9.93. The largest absolute Gasteiger partial charge is 0.378 e. The van der Waals surface area contributed by atoms with Gasteiger partial charge in [-0.05, 0) is 19.3 Å². The first-order chi connectivity index (χ1) is 13.3. The van der Waals surface area contributed by atoms with Crippen LogP contribution in [-0.2, 0) is 16.1 Å². The molecule has 27 heavy (non-hydrogen) atoms. The van der Waals surface area contributed by atoms with E-state index in [1.807, 2.05) is 35.2 Å². The smallest absolute Gasteiger partial charge is 0.233 e. The lowest BCUT2D eigenvalue weighted by Gasteiger charge is -2.28. The summed E-state index contributed by atoms with van der Waals surface area (Å²) in [6.07, 6.45) is 2.98. The molecule has 6 heteroatoms. The van der Waals surface area contributed by atoms with Crippen LogP contribution >= 0.6 is 0 Å². The van der Waals surface area contributed by atoms with E-state index in [-0.39, 0.29) is 11.8 Å². The van der Waals surface area contributed by atoms with E-state index < -0.39 is 0 Å². The third-order valence-corrected chi connectivity index (χ3v) is 5.19. The Balaban J connectivity index is 1.68. The summed E-state index contributed by atoms with van der Waals surface area (Å²) in [5, 5.41) is 4.40. The Morgan fingerprint density at radius 2 is 1.96 bits per heavy atom. The summed E-state index contributed by atoms with van der Waals surface area (Å²) in [5.41, 5.74) is 2.86. The van der Waals surface area contributed by atoms with Crippen molar-refractivity contribution in [3.8, 4) is 11.3 Å². The van der Waals surface area contributed by atoms with Crippen molar-refractivity contribution in [3.05, 3.63) is 35.9 Å². The highest BCUT2D eigenvalue weighted by Gasteiger charge is 2.35. The zero-order valence-corrected chi connectivity index (χ0v) is 15.9. The molecule has 4 rings (SSSR count). The van der Waals surface area contributed by atoms with Gasteiger partial charge in [0, 0.05) is 31.1 Å². The SMILES string of the molecule is CCCN(Cc1c(-c2ccccc2)noc1N1CCOCC1)C(=O)C1CC1. The number of amides is 1. The number of benzene rings is 1. The van der Waals surface area contributed by atoms with Crippen LogP contribution in [0.15, 0.2) is 34.9 Å². The molecule has 0 radical (unpaired) electrons. The zero-order valence-electron chi connectivity index (χ0n) is 15.9. The Bertz CT molecular complexity index is 764. The third-order valence-electron chi connectivity index (χ3n) is 5.19. The molecule has 1 aromatic carbocycles. The average Bonchev–Trinajstić information content (AvgIpc) is 3.49. The van der Waals surface area contributed by atoms with Crippen molar-refractivity contribution in [1.29, 1.82) is 0 Å². The van der Waals surface area contributed by atoms with Crippen LogP contribution in [0.1, 0.15) is 31.7 Å². The van der Waals surface area contributed by atoms with Crippen LogP contribution in [0.2, 0.25) is 0 Å². The fourth-order valence-electron chi connectivity index (χ4n) is 3.60. The van der Waals surface area contributed by atoms with Gasteiger partial charge in [-0.2, -0.15) is 0 Å². The quantitative estimate of drug-likeness (QED) is 0.749. The number of nitrogens with zero attached hydrogens (tertiary/aromatic N) is 3. The standard InChI is InChI=1S/C21H27N3O3/c1-2-10-24(20(25)17-8-9-17)15-18-19(16-6-4-3-5-7-16)22-27-21(18)23-11-13-26-14-12-23/h3-7,17H,2,8-15H2,1H3. The minimum atomic E-state index is 0.212. The van der Waals surface area contributed by atoms with Gasteiger partial charge in [0.05, 0.1) is 25.3 Å². The second-order valence-electron chi connectivity index (χ2n) is 7.31. The van der Waals surface area contributed by atoms with Crippen molar-refractivity contribution >= 4 is 11.8 Å². The molecule has 1 aliphatic heterocycles. The third kappa shape index (κ3) is 4.00. The van der Waals surface area contributed by atoms with Gasteiger partial charge in [-0.3, -0.25) is 4.79 Å². The van der Waals surface area contributed by atoms with Crippen LogP contribution in [0.4, 0.5) is 5.88 Å². The van der Waals surface area contributed by atoms with Gasteiger partial charge >= 0.3 is 0 Å². The molecular formula is C21H27N3O3. The molecule has 0 spiro atoms.